The maximum atomic E-state index is 14.2. The first-order valence-electron chi connectivity index (χ1n) is 8.77. The molecule has 1 aliphatic rings. The molecule has 5 nitrogen and oxygen atoms in total. The van der Waals surface area contributed by atoms with Crippen molar-refractivity contribution in [1.29, 1.82) is 0 Å². The Balaban J connectivity index is 1.47. The van der Waals surface area contributed by atoms with Crippen LogP contribution in [-0.4, -0.2) is 23.1 Å². The van der Waals surface area contributed by atoms with Crippen LogP contribution < -0.4 is 4.90 Å². The lowest BCUT2D eigenvalue weighted by atomic mass is 10.1. The Morgan fingerprint density at radius 3 is 2.41 bits per heavy atom. The molecule has 5 rings (SSSR count). The third-order valence-electron chi connectivity index (χ3n) is 4.88. The molecule has 2 heterocycles. The fraction of sp³-hybridized carbons (Fsp3) is 0.0952. The van der Waals surface area contributed by atoms with Crippen LogP contribution in [0.5, 0.6) is 0 Å². The van der Waals surface area contributed by atoms with Crippen molar-refractivity contribution in [2.45, 2.75) is 6.10 Å². The van der Waals surface area contributed by atoms with Crippen LogP contribution in [0.3, 0.4) is 0 Å². The Morgan fingerprint density at radius 2 is 1.76 bits per heavy atom. The number of thiazole rings is 1. The van der Waals surface area contributed by atoms with Gasteiger partial charge in [0.15, 0.2) is 22.2 Å². The Kier molecular flexibility index (Phi) is 4.22. The van der Waals surface area contributed by atoms with Gasteiger partial charge in [0.1, 0.15) is 5.52 Å². The SMILES string of the molecule is CN(C(=O)OC1c2ccccc2-c2ccccc21)c1nc2cnc(Cl)c(F)c2s1. The van der Waals surface area contributed by atoms with Gasteiger partial charge >= 0.3 is 6.09 Å². The standard InChI is InChI=1S/C21H13ClFN3O2S/c1-26(20-25-15-10-24-19(22)16(23)18(15)29-20)21(27)28-17-13-8-4-2-6-11(13)12-7-3-5-9-14(12)17/h2-10,17H,1H3. The molecule has 0 spiro atoms. The Hall–Kier alpha value is -3.03. The Labute approximate surface area is 174 Å². The van der Waals surface area contributed by atoms with Gasteiger partial charge in [-0.25, -0.2) is 19.2 Å². The highest BCUT2D eigenvalue weighted by molar-refractivity contribution is 7.22. The van der Waals surface area contributed by atoms with Crippen molar-refractivity contribution < 1.29 is 13.9 Å². The molecule has 1 aliphatic carbocycles. The average molecular weight is 426 g/mol. The van der Waals surface area contributed by atoms with E-state index in [9.17, 15) is 9.18 Å². The van der Waals surface area contributed by atoms with Crippen molar-refractivity contribution in [3.63, 3.8) is 0 Å². The molecule has 29 heavy (non-hydrogen) atoms. The lowest BCUT2D eigenvalue weighted by Crippen LogP contribution is -2.28. The molecule has 0 atom stereocenters. The third kappa shape index (κ3) is 2.85. The van der Waals surface area contributed by atoms with Crippen LogP contribution in [0.1, 0.15) is 17.2 Å². The molecule has 0 bridgehead atoms. The summed E-state index contributed by atoms with van der Waals surface area (Å²) in [6.07, 6.45) is 0.281. The van der Waals surface area contributed by atoms with Gasteiger partial charge in [0.2, 0.25) is 0 Å². The third-order valence-corrected chi connectivity index (χ3v) is 6.28. The number of halogens is 2. The number of hydrogen-bond donors (Lipinski definition) is 0. The topological polar surface area (TPSA) is 55.3 Å². The van der Waals surface area contributed by atoms with Crippen LogP contribution in [0, 0.1) is 5.82 Å². The first-order chi connectivity index (χ1) is 14.0. The van der Waals surface area contributed by atoms with E-state index in [-0.39, 0.29) is 9.85 Å². The van der Waals surface area contributed by atoms with Crippen LogP contribution >= 0.6 is 22.9 Å². The molecule has 0 N–H and O–H groups in total. The van der Waals surface area contributed by atoms with Crippen LogP contribution in [-0.2, 0) is 4.74 Å². The monoisotopic (exact) mass is 425 g/mol. The van der Waals surface area contributed by atoms with Gasteiger partial charge < -0.3 is 4.74 Å². The first-order valence-corrected chi connectivity index (χ1v) is 9.97. The van der Waals surface area contributed by atoms with Crippen molar-refractivity contribution in [2.75, 3.05) is 11.9 Å². The predicted molar refractivity (Wildman–Crippen MR) is 111 cm³/mol. The van der Waals surface area contributed by atoms with Crippen LogP contribution in [0.4, 0.5) is 14.3 Å². The van der Waals surface area contributed by atoms with E-state index < -0.39 is 18.0 Å². The molecule has 0 radical (unpaired) electrons. The zero-order valence-electron chi connectivity index (χ0n) is 15.1. The number of carbonyl (C=O) groups is 1. The predicted octanol–water partition coefficient (Wildman–Crippen LogP) is 5.83. The molecular weight excluding hydrogens is 413 g/mol. The minimum absolute atomic E-state index is 0.225. The molecule has 2 aromatic carbocycles. The number of nitrogens with zero attached hydrogens (tertiary/aromatic N) is 3. The molecule has 0 saturated heterocycles. The summed E-state index contributed by atoms with van der Waals surface area (Å²) < 4.78 is 20.3. The van der Waals surface area contributed by atoms with Crippen LogP contribution in [0.25, 0.3) is 21.3 Å². The van der Waals surface area contributed by atoms with Crippen LogP contribution in [0.2, 0.25) is 5.15 Å². The van der Waals surface area contributed by atoms with E-state index in [1.807, 2.05) is 48.5 Å². The average Bonchev–Trinajstić information content (AvgIpc) is 3.31. The van der Waals surface area contributed by atoms with Gasteiger partial charge in [-0.1, -0.05) is 71.5 Å². The van der Waals surface area contributed by atoms with Gasteiger partial charge in [0, 0.05) is 18.2 Å². The number of fused-ring (bicyclic) bond motifs is 4. The molecule has 0 saturated carbocycles. The molecular formula is C21H13ClFN3O2S. The van der Waals surface area contributed by atoms with Crippen molar-refractivity contribution in [1.82, 2.24) is 9.97 Å². The molecule has 0 fully saturated rings. The Bertz CT molecular complexity index is 1230. The maximum absolute atomic E-state index is 14.2. The molecule has 4 aromatic rings. The molecule has 0 aliphatic heterocycles. The summed E-state index contributed by atoms with van der Waals surface area (Å²) in [5.41, 5.74) is 4.30. The molecule has 0 unspecified atom stereocenters. The fourth-order valence-corrected chi connectivity index (χ4v) is 4.60. The quantitative estimate of drug-likeness (QED) is 0.379. The van der Waals surface area contributed by atoms with E-state index in [1.54, 1.807) is 7.05 Å². The zero-order chi connectivity index (χ0) is 20.1. The maximum Gasteiger partial charge on any atom is 0.416 e. The van der Waals surface area contributed by atoms with E-state index in [1.165, 1.54) is 11.1 Å². The number of aromatic nitrogens is 2. The van der Waals surface area contributed by atoms with Gasteiger partial charge in [-0.05, 0) is 11.1 Å². The minimum Gasteiger partial charge on any atom is -0.436 e. The number of amides is 1. The smallest absolute Gasteiger partial charge is 0.416 e. The van der Waals surface area contributed by atoms with Gasteiger partial charge in [-0.15, -0.1) is 0 Å². The lowest BCUT2D eigenvalue weighted by molar-refractivity contribution is 0.127. The summed E-state index contributed by atoms with van der Waals surface area (Å²) in [4.78, 5) is 22.2. The molecule has 144 valence electrons. The number of pyridine rings is 1. The van der Waals surface area contributed by atoms with E-state index in [0.29, 0.717) is 10.6 Å². The summed E-state index contributed by atoms with van der Waals surface area (Å²) in [6.45, 7) is 0. The normalized spacial score (nSPS) is 12.7. The van der Waals surface area contributed by atoms with Gasteiger partial charge in [-0.2, -0.15) is 0 Å². The van der Waals surface area contributed by atoms with Crippen molar-refractivity contribution in [2.24, 2.45) is 0 Å². The highest BCUT2D eigenvalue weighted by Gasteiger charge is 2.32. The van der Waals surface area contributed by atoms with Crippen molar-refractivity contribution in [3.05, 3.63) is 76.8 Å². The van der Waals surface area contributed by atoms with Crippen molar-refractivity contribution >= 4 is 44.4 Å². The number of anilines is 1. The summed E-state index contributed by atoms with van der Waals surface area (Å²) in [5, 5.41) is 0.0737. The summed E-state index contributed by atoms with van der Waals surface area (Å²) in [5.74, 6) is -0.645. The number of hydrogen-bond acceptors (Lipinski definition) is 5. The Morgan fingerprint density at radius 1 is 1.14 bits per heavy atom. The highest BCUT2D eigenvalue weighted by atomic mass is 35.5. The number of benzene rings is 2. The first kappa shape index (κ1) is 18.0. The number of rotatable bonds is 2. The molecule has 2 aromatic heterocycles. The van der Waals surface area contributed by atoms with E-state index >= 15 is 0 Å². The van der Waals surface area contributed by atoms with E-state index in [2.05, 4.69) is 9.97 Å². The number of ether oxygens (including phenoxy) is 1. The summed E-state index contributed by atoms with van der Waals surface area (Å²) in [7, 11) is 1.54. The zero-order valence-corrected chi connectivity index (χ0v) is 16.7. The van der Waals surface area contributed by atoms with Gasteiger partial charge in [-0.3, -0.25) is 4.90 Å². The van der Waals surface area contributed by atoms with Crippen LogP contribution in [0.15, 0.2) is 54.7 Å². The summed E-state index contributed by atoms with van der Waals surface area (Å²) in [6, 6.07) is 15.7. The van der Waals surface area contributed by atoms with E-state index in [4.69, 9.17) is 16.3 Å². The fourth-order valence-electron chi connectivity index (χ4n) is 3.47. The largest absolute Gasteiger partial charge is 0.436 e. The van der Waals surface area contributed by atoms with Crippen molar-refractivity contribution in [3.8, 4) is 11.1 Å². The summed E-state index contributed by atoms with van der Waals surface area (Å²) >= 11 is 6.75. The molecule has 8 heteroatoms. The highest BCUT2D eigenvalue weighted by Crippen LogP contribution is 2.45. The second-order valence-electron chi connectivity index (χ2n) is 6.57. The second-order valence-corrected chi connectivity index (χ2v) is 7.91. The van der Waals surface area contributed by atoms with Gasteiger partial charge in [0.05, 0.1) is 10.9 Å². The molecule has 1 amide bonds. The minimum atomic E-state index is -0.645. The number of carbonyl (C=O) groups excluding carboxylic acids is 1. The lowest BCUT2D eigenvalue weighted by Gasteiger charge is -2.19. The van der Waals surface area contributed by atoms with E-state index in [0.717, 1.165) is 33.6 Å². The second kappa shape index (κ2) is 6.79. The van der Waals surface area contributed by atoms with Gasteiger partial charge in [0.25, 0.3) is 0 Å².